The average molecular weight is 398 g/mol. The topological polar surface area (TPSA) is 72.5 Å². The largest absolute Gasteiger partial charge is 0.348 e. The van der Waals surface area contributed by atoms with Crippen LogP contribution in [0, 0.1) is 6.92 Å². The Bertz CT molecular complexity index is 717. The molecule has 27 heavy (non-hydrogen) atoms. The molecule has 7 nitrogen and oxygen atoms in total. The predicted octanol–water partition coefficient (Wildman–Crippen LogP) is 2.43. The molecule has 1 aromatic rings. The van der Waals surface area contributed by atoms with Crippen molar-refractivity contribution in [2.75, 3.05) is 6.61 Å². The van der Waals surface area contributed by atoms with Gasteiger partial charge in [-0.15, -0.1) is 0 Å². The van der Waals surface area contributed by atoms with Crippen LogP contribution in [-0.4, -0.2) is 53.1 Å². The minimum absolute atomic E-state index is 0.359. The molecule has 0 aromatic heterocycles. The number of hydrogen-bond acceptors (Lipinski definition) is 7. The van der Waals surface area contributed by atoms with Crippen molar-refractivity contribution in [3.63, 3.8) is 0 Å². The summed E-state index contributed by atoms with van der Waals surface area (Å²) in [6, 6.07) is 7.39. The number of fused-ring (bicyclic) bond motifs is 1. The third-order valence-corrected chi connectivity index (χ3v) is 5.89. The van der Waals surface area contributed by atoms with Crippen LogP contribution in [0.4, 0.5) is 0 Å². The molecule has 3 fully saturated rings. The van der Waals surface area contributed by atoms with Gasteiger partial charge in [0.1, 0.15) is 24.4 Å². The Morgan fingerprint density at radius 2 is 1.70 bits per heavy atom. The second kappa shape index (κ2) is 6.88. The average Bonchev–Trinajstić information content (AvgIpc) is 3.18. The smallest absolute Gasteiger partial charge is 0.190 e. The lowest BCUT2D eigenvalue weighted by atomic mass is 10.1. The third kappa shape index (κ3) is 3.98. The van der Waals surface area contributed by atoms with Crippen molar-refractivity contribution < 1.29 is 32.1 Å². The molecule has 0 N–H and O–H groups in total. The van der Waals surface area contributed by atoms with Crippen molar-refractivity contribution in [2.24, 2.45) is 0 Å². The minimum Gasteiger partial charge on any atom is -0.348 e. The molecule has 6 atom stereocenters. The molecular weight excluding hydrogens is 372 g/mol. The molecule has 0 spiro atoms. The zero-order valence-electron chi connectivity index (χ0n) is 16.2. The molecule has 0 bridgehead atoms. The maximum Gasteiger partial charge on any atom is 0.190 e. The first-order valence-corrected chi connectivity index (χ1v) is 10.2. The molecule has 0 aliphatic carbocycles. The molecule has 3 heterocycles. The van der Waals surface area contributed by atoms with E-state index in [1.165, 1.54) is 0 Å². The van der Waals surface area contributed by atoms with Crippen molar-refractivity contribution in [1.29, 1.82) is 0 Å². The van der Waals surface area contributed by atoms with Crippen molar-refractivity contribution in [2.45, 2.75) is 81.8 Å². The van der Waals surface area contributed by atoms with Gasteiger partial charge in [-0.05, 0) is 46.8 Å². The Labute approximate surface area is 161 Å². The highest BCUT2D eigenvalue weighted by molar-refractivity contribution is 7.80. The molecule has 8 heteroatoms. The van der Waals surface area contributed by atoms with Gasteiger partial charge in [-0.3, -0.25) is 4.18 Å². The predicted molar refractivity (Wildman–Crippen MR) is 96.1 cm³/mol. The lowest BCUT2D eigenvalue weighted by molar-refractivity contribution is -0.230. The lowest BCUT2D eigenvalue weighted by Crippen LogP contribution is -2.44. The Morgan fingerprint density at radius 3 is 2.33 bits per heavy atom. The second-order valence-electron chi connectivity index (χ2n) is 8.04. The van der Waals surface area contributed by atoms with Gasteiger partial charge in [0.2, 0.25) is 0 Å². The second-order valence-corrected chi connectivity index (χ2v) is 9.18. The van der Waals surface area contributed by atoms with Crippen molar-refractivity contribution in [3.8, 4) is 0 Å². The van der Waals surface area contributed by atoms with Gasteiger partial charge in [-0.1, -0.05) is 17.7 Å². The first-order chi connectivity index (χ1) is 12.6. The summed E-state index contributed by atoms with van der Waals surface area (Å²) in [4.78, 5) is 0.588. The van der Waals surface area contributed by atoms with Gasteiger partial charge in [-0.25, -0.2) is 4.21 Å². The molecule has 0 unspecified atom stereocenters. The van der Waals surface area contributed by atoms with E-state index in [1.54, 1.807) is 12.1 Å². The molecule has 1 aromatic carbocycles. The first kappa shape index (κ1) is 19.4. The summed E-state index contributed by atoms with van der Waals surface area (Å²) in [5, 5.41) is 0. The highest BCUT2D eigenvalue weighted by Gasteiger charge is 2.59. The zero-order valence-corrected chi connectivity index (χ0v) is 17.0. The van der Waals surface area contributed by atoms with Crippen LogP contribution in [0.15, 0.2) is 29.2 Å². The number of aryl methyl sites for hydroxylation is 1. The van der Waals surface area contributed by atoms with Crippen molar-refractivity contribution in [1.82, 2.24) is 0 Å². The van der Waals surface area contributed by atoms with Gasteiger partial charge in [0.25, 0.3) is 0 Å². The van der Waals surface area contributed by atoms with E-state index in [4.69, 9.17) is 27.9 Å². The van der Waals surface area contributed by atoms with Gasteiger partial charge in [0, 0.05) is 0 Å². The Morgan fingerprint density at radius 1 is 1.00 bits per heavy atom. The van der Waals surface area contributed by atoms with Crippen molar-refractivity contribution in [3.05, 3.63) is 29.8 Å². The van der Waals surface area contributed by atoms with Gasteiger partial charge in [0.15, 0.2) is 28.9 Å². The van der Waals surface area contributed by atoms with Gasteiger partial charge in [-0.2, -0.15) is 0 Å². The Balaban J connectivity index is 1.55. The van der Waals surface area contributed by atoms with E-state index >= 15 is 0 Å². The molecule has 3 saturated heterocycles. The fourth-order valence-corrected chi connectivity index (χ4v) is 4.49. The maximum absolute atomic E-state index is 12.8. The van der Waals surface area contributed by atoms with E-state index < -0.39 is 47.3 Å². The summed E-state index contributed by atoms with van der Waals surface area (Å²) in [6.07, 6.45) is -2.57. The highest BCUT2D eigenvalue weighted by Crippen LogP contribution is 2.42. The van der Waals surface area contributed by atoms with E-state index in [2.05, 4.69) is 0 Å². The van der Waals surface area contributed by atoms with Crippen LogP contribution in [0.5, 0.6) is 0 Å². The summed E-state index contributed by atoms with van der Waals surface area (Å²) in [7, 11) is 0. The van der Waals surface area contributed by atoms with Crippen molar-refractivity contribution >= 4 is 11.1 Å². The summed E-state index contributed by atoms with van der Waals surface area (Å²) in [5.41, 5.74) is 1.09. The molecule has 0 saturated carbocycles. The molecule has 0 amide bonds. The summed E-state index contributed by atoms with van der Waals surface area (Å²) in [5.74, 6) is -1.49. The lowest BCUT2D eigenvalue weighted by Gasteiger charge is -2.28. The molecular formula is C19H26O7S. The van der Waals surface area contributed by atoms with E-state index in [0.29, 0.717) is 11.5 Å². The number of benzene rings is 1. The summed E-state index contributed by atoms with van der Waals surface area (Å²) >= 11 is -1.67. The molecule has 0 radical (unpaired) electrons. The fourth-order valence-electron chi connectivity index (χ4n) is 3.60. The zero-order chi connectivity index (χ0) is 19.4. The van der Waals surface area contributed by atoms with Gasteiger partial charge < -0.3 is 23.7 Å². The monoisotopic (exact) mass is 398 g/mol. The van der Waals surface area contributed by atoms with Crippen LogP contribution in [-0.2, 0) is 38.9 Å². The summed E-state index contributed by atoms with van der Waals surface area (Å²) in [6.45, 7) is 9.66. The standard InChI is InChI=1S/C19H26O7S/c1-11-6-8-12(9-7-11)27(20)26-15-14(13-10-21-18(2,3)23-13)22-17-16(15)24-19(4,5)25-17/h6-9,13-17H,10H2,1-5H3/t13-,14+,15-,16+,17+,27+/m0/s1. The fraction of sp³-hybridized carbons (Fsp3) is 0.684. The molecule has 4 rings (SSSR count). The SMILES string of the molecule is Cc1ccc([S@](=O)O[C@@H]2[C@H]3OC(C)(C)O[C@H]3O[C@@H]2[C@@H]2COC(C)(C)O2)cc1. The number of hydrogen-bond donors (Lipinski definition) is 0. The number of rotatable bonds is 4. The van der Waals surface area contributed by atoms with E-state index in [-0.39, 0.29) is 6.10 Å². The number of ether oxygens (including phenoxy) is 5. The quantitative estimate of drug-likeness (QED) is 0.771. The Kier molecular flexibility index (Phi) is 4.95. The molecule has 150 valence electrons. The third-order valence-electron chi connectivity index (χ3n) is 4.84. The normalized spacial score (nSPS) is 38.0. The van der Waals surface area contributed by atoms with Crippen LogP contribution in [0.25, 0.3) is 0 Å². The maximum atomic E-state index is 12.8. The summed E-state index contributed by atoms with van der Waals surface area (Å²) < 4.78 is 48.2. The molecule has 3 aliphatic heterocycles. The van der Waals surface area contributed by atoms with Crippen LogP contribution >= 0.6 is 0 Å². The highest BCUT2D eigenvalue weighted by atomic mass is 32.2. The van der Waals surface area contributed by atoms with Crippen LogP contribution < -0.4 is 0 Å². The van der Waals surface area contributed by atoms with Crippen LogP contribution in [0.1, 0.15) is 33.3 Å². The first-order valence-electron chi connectivity index (χ1n) is 9.12. The molecule has 3 aliphatic rings. The van der Waals surface area contributed by atoms with Gasteiger partial charge >= 0.3 is 0 Å². The van der Waals surface area contributed by atoms with E-state index in [0.717, 1.165) is 5.56 Å². The Hall–Kier alpha value is -0.870. The van der Waals surface area contributed by atoms with E-state index in [1.807, 2.05) is 46.8 Å². The van der Waals surface area contributed by atoms with Gasteiger partial charge in [0.05, 0.1) is 11.5 Å². The van der Waals surface area contributed by atoms with Crippen LogP contribution in [0.3, 0.4) is 0 Å². The van der Waals surface area contributed by atoms with Crippen LogP contribution in [0.2, 0.25) is 0 Å². The minimum atomic E-state index is -1.67. The van der Waals surface area contributed by atoms with E-state index in [9.17, 15) is 4.21 Å².